The van der Waals surface area contributed by atoms with Crippen LogP contribution >= 0.6 is 11.6 Å². The third-order valence-corrected chi connectivity index (χ3v) is 4.13. The van der Waals surface area contributed by atoms with E-state index in [9.17, 15) is 32.9 Å². The van der Waals surface area contributed by atoms with Crippen molar-refractivity contribution in [2.75, 3.05) is 18.4 Å². The van der Waals surface area contributed by atoms with E-state index < -0.39 is 46.4 Å². The standard InChI is InChI=1S/C18H15ClF3N3O4/c1-2-7-24(18(27)11-4-3-10(25(28)29)8-12(11)19)9-15(26)23-14-6-5-13(20)16(21)17(14)22/h3-6,8H,2,7,9H2,1H3,(H,23,26). The molecule has 0 heterocycles. The molecule has 2 amide bonds. The van der Waals surface area contributed by atoms with Crippen molar-refractivity contribution < 1.29 is 27.7 Å². The average Bonchev–Trinajstić information content (AvgIpc) is 2.67. The van der Waals surface area contributed by atoms with Gasteiger partial charge in [-0.25, -0.2) is 13.2 Å². The van der Waals surface area contributed by atoms with Crippen molar-refractivity contribution in [1.29, 1.82) is 0 Å². The lowest BCUT2D eigenvalue weighted by atomic mass is 10.1. The van der Waals surface area contributed by atoms with E-state index >= 15 is 0 Å². The monoisotopic (exact) mass is 429 g/mol. The van der Waals surface area contributed by atoms with E-state index in [1.54, 1.807) is 6.92 Å². The van der Waals surface area contributed by atoms with E-state index in [-0.39, 0.29) is 22.8 Å². The number of benzene rings is 2. The number of nitrogens with zero attached hydrogens (tertiary/aromatic N) is 2. The first-order valence-corrected chi connectivity index (χ1v) is 8.70. The van der Waals surface area contributed by atoms with Gasteiger partial charge in [0.1, 0.15) is 6.54 Å². The highest BCUT2D eigenvalue weighted by Gasteiger charge is 2.23. The summed E-state index contributed by atoms with van der Waals surface area (Å²) < 4.78 is 40.0. The summed E-state index contributed by atoms with van der Waals surface area (Å²) in [6.07, 6.45) is 0.461. The van der Waals surface area contributed by atoms with Crippen LogP contribution in [0.5, 0.6) is 0 Å². The summed E-state index contributed by atoms with van der Waals surface area (Å²) in [5, 5.41) is 12.7. The molecule has 2 rings (SSSR count). The molecule has 0 saturated carbocycles. The third kappa shape index (κ3) is 5.23. The molecule has 0 atom stereocenters. The first-order chi connectivity index (χ1) is 13.6. The van der Waals surface area contributed by atoms with Gasteiger partial charge in [-0.1, -0.05) is 18.5 Å². The molecule has 2 aromatic carbocycles. The Kier molecular flexibility index (Phi) is 7.16. The Bertz CT molecular complexity index is 972. The number of halogens is 4. The molecule has 2 aromatic rings. The maximum Gasteiger partial charge on any atom is 0.270 e. The Labute approximate surface area is 168 Å². The number of rotatable bonds is 7. The van der Waals surface area contributed by atoms with Gasteiger partial charge in [-0.15, -0.1) is 0 Å². The molecule has 0 aromatic heterocycles. The van der Waals surface area contributed by atoms with Crippen LogP contribution in [0.1, 0.15) is 23.7 Å². The molecule has 154 valence electrons. The van der Waals surface area contributed by atoms with Crippen LogP contribution in [0.2, 0.25) is 5.02 Å². The summed E-state index contributed by atoms with van der Waals surface area (Å²) in [6.45, 7) is 1.34. The molecular weight excluding hydrogens is 415 g/mol. The Morgan fingerprint density at radius 3 is 2.45 bits per heavy atom. The van der Waals surface area contributed by atoms with Gasteiger partial charge in [-0.05, 0) is 24.6 Å². The minimum Gasteiger partial charge on any atom is -0.329 e. The number of nitro benzene ring substituents is 1. The summed E-state index contributed by atoms with van der Waals surface area (Å²) in [5.41, 5.74) is -0.941. The predicted octanol–water partition coefficient (Wildman–Crippen LogP) is 4.16. The molecule has 0 aliphatic carbocycles. The number of amides is 2. The number of non-ortho nitro benzene ring substituents is 1. The summed E-state index contributed by atoms with van der Waals surface area (Å²) >= 11 is 5.95. The minimum atomic E-state index is -1.73. The van der Waals surface area contributed by atoms with Crippen molar-refractivity contribution in [3.63, 3.8) is 0 Å². The molecular formula is C18H15ClF3N3O4. The summed E-state index contributed by atoms with van der Waals surface area (Å²) in [6, 6.07) is 4.78. The largest absolute Gasteiger partial charge is 0.329 e. The van der Waals surface area contributed by atoms with Crippen LogP contribution in [0.15, 0.2) is 30.3 Å². The molecule has 11 heteroatoms. The number of carbonyl (C=O) groups is 2. The molecule has 0 unspecified atom stereocenters. The van der Waals surface area contributed by atoms with Gasteiger partial charge >= 0.3 is 0 Å². The molecule has 7 nitrogen and oxygen atoms in total. The fraction of sp³-hybridized carbons (Fsp3) is 0.222. The maximum atomic E-state index is 13.7. The molecule has 0 saturated heterocycles. The number of nitro groups is 1. The highest BCUT2D eigenvalue weighted by atomic mass is 35.5. The van der Waals surface area contributed by atoms with E-state index in [4.69, 9.17) is 11.6 Å². The number of carbonyl (C=O) groups excluding carboxylic acids is 2. The van der Waals surface area contributed by atoms with Gasteiger partial charge in [0.2, 0.25) is 5.91 Å². The number of hydrogen-bond donors (Lipinski definition) is 1. The normalized spacial score (nSPS) is 10.5. The third-order valence-electron chi connectivity index (χ3n) is 3.82. The van der Waals surface area contributed by atoms with Crippen LogP contribution in [0.3, 0.4) is 0 Å². The maximum absolute atomic E-state index is 13.7. The average molecular weight is 430 g/mol. The molecule has 0 fully saturated rings. The van der Waals surface area contributed by atoms with E-state index in [1.165, 1.54) is 6.07 Å². The molecule has 29 heavy (non-hydrogen) atoms. The van der Waals surface area contributed by atoms with Crippen molar-refractivity contribution in [3.05, 3.63) is 68.5 Å². The van der Waals surface area contributed by atoms with E-state index in [0.29, 0.717) is 12.5 Å². The van der Waals surface area contributed by atoms with Gasteiger partial charge in [-0.3, -0.25) is 19.7 Å². The van der Waals surface area contributed by atoms with Gasteiger partial charge in [0.15, 0.2) is 17.5 Å². The SMILES string of the molecule is CCCN(CC(=O)Nc1ccc(F)c(F)c1F)C(=O)c1ccc([N+](=O)[O-])cc1Cl. The van der Waals surface area contributed by atoms with Crippen molar-refractivity contribution in [3.8, 4) is 0 Å². The fourth-order valence-electron chi connectivity index (χ4n) is 2.47. The number of nitrogens with one attached hydrogen (secondary N) is 1. The zero-order chi connectivity index (χ0) is 21.7. The van der Waals surface area contributed by atoms with Crippen LogP contribution in [0, 0.1) is 27.6 Å². The Morgan fingerprint density at radius 1 is 1.17 bits per heavy atom. The van der Waals surface area contributed by atoms with Gasteiger partial charge in [-0.2, -0.15) is 0 Å². The van der Waals surface area contributed by atoms with E-state index in [2.05, 4.69) is 5.32 Å². The van der Waals surface area contributed by atoms with E-state index in [1.807, 2.05) is 0 Å². The van der Waals surface area contributed by atoms with Crippen molar-refractivity contribution in [2.24, 2.45) is 0 Å². The molecule has 0 bridgehead atoms. The zero-order valence-corrected chi connectivity index (χ0v) is 15.8. The fourth-order valence-corrected chi connectivity index (χ4v) is 2.72. The van der Waals surface area contributed by atoms with Gasteiger partial charge in [0, 0.05) is 18.7 Å². The quantitative estimate of drug-likeness (QED) is 0.406. The Hall–Kier alpha value is -3.14. The first-order valence-electron chi connectivity index (χ1n) is 8.32. The van der Waals surface area contributed by atoms with Crippen LogP contribution in [0.25, 0.3) is 0 Å². The highest BCUT2D eigenvalue weighted by Crippen LogP contribution is 2.24. The molecule has 0 aliphatic heterocycles. The first kappa shape index (κ1) is 22.2. The van der Waals surface area contributed by atoms with Gasteiger partial charge in [0.25, 0.3) is 11.6 Å². The Balaban J connectivity index is 2.19. The number of anilines is 1. The number of hydrogen-bond acceptors (Lipinski definition) is 4. The molecule has 0 radical (unpaired) electrons. The van der Waals surface area contributed by atoms with Crippen LogP contribution in [0.4, 0.5) is 24.5 Å². The molecule has 1 N–H and O–H groups in total. The molecule has 0 aliphatic rings. The summed E-state index contributed by atoms with van der Waals surface area (Å²) in [4.78, 5) is 36.1. The zero-order valence-electron chi connectivity index (χ0n) is 15.0. The lowest BCUT2D eigenvalue weighted by Crippen LogP contribution is -2.38. The summed E-state index contributed by atoms with van der Waals surface area (Å²) in [7, 11) is 0. The molecule has 0 spiro atoms. The lowest BCUT2D eigenvalue weighted by molar-refractivity contribution is -0.384. The van der Waals surface area contributed by atoms with Crippen molar-refractivity contribution >= 4 is 34.8 Å². The smallest absolute Gasteiger partial charge is 0.270 e. The second-order valence-electron chi connectivity index (χ2n) is 5.92. The summed E-state index contributed by atoms with van der Waals surface area (Å²) in [5.74, 6) is -6.23. The van der Waals surface area contributed by atoms with Crippen LogP contribution in [-0.4, -0.2) is 34.7 Å². The van der Waals surface area contributed by atoms with Crippen LogP contribution in [-0.2, 0) is 4.79 Å². The van der Waals surface area contributed by atoms with Gasteiger partial charge < -0.3 is 10.2 Å². The lowest BCUT2D eigenvalue weighted by Gasteiger charge is -2.22. The minimum absolute atomic E-state index is 0.0578. The second-order valence-corrected chi connectivity index (χ2v) is 6.33. The highest BCUT2D eigenvalue weighted by molar-refractivity contribution is 6.34. The topological polar surface area (TPSA) is 92.6 Å². The second kappa shape index (κ2) is 9.37. The van der Waals surface area contributed by atoms with Crippen LogP contribution < -0.4 is 5.32 Å². The van der Waals surface area contributed by atoms with Crippen molar-refractivity contribution in [2.45, 2.75) is 13.3 Å². The Morgan fingerprint density at radius 2 is 1.86 bits per heavy atom. The predicted molar refractivity (Wildman–Crippen MR) is 99.2 cm³/mol. The van der Waals surface area contributed by atoms with Gasteiger partial charge in [0.05, 0.1) is 21.2 Å². The van der Waals surface area contributed by atoms with E-state index in [0.717, 1.165) is 23.1 Å². The van der Waals surface area contributed by atoms with Crippen molar-refractivity contribution in [1.82, 2.24) is 4.90 Å².